The second-order valence-corrected chi connectivity index (χ2v) is 9.97. The number of pyridine rings is 1. The summed E-state index contributed by atoms with van der Waals surface area (Å²) in [6.45, 7) is 8.67. The monoisotopic (exact) mass is 512 g/mol. The maximum Gasteiger partial charge on any atom is 0.303 e. The third kappa shape index (κ3) is 7.09. The lowest BCUT2D eigenvalue weighted by atomic mass is 9.97. The molecule has 198 valence electrons. The first-order valence-corrected chi connectivity index (χ1v) is 13.2. The Hall–Kier alpha value is -3.93. The van der Waals surface area contributed by atoms with Gasteiger partial charge in [0.25, 0.3) is 0 Å². The number of aromatic nitrogens is 2. The van der Waals surface area contributed by atoms with Crippen LogP contribution in [0.1, 0.15) is 68.9 Å². The number of benzene rings is 1. The molecule has 0 aliphatic heterocycles. The number of carboxylic acid groups (broad SMARTS) is 1. The van der Waals surface area contributed by atoms with E-state index in [1.807, 2.05) is 56.5 Å². The lowest BCUT2D eigenvalue weighted by Crippen LogP contribution is -2.07. The highest BCUT2D eigenvalue weighted by atomic mass is 16.5. The summed E-state index contributed by atoms with van der Waals surface area (Å²) in [6, 6.07) is 12.2. The smallest absolute Gasteiger partial charge is 0.303 e. The number of hydrogen-bond donors (Lipinski definition) is 1. The van der Waals surface area contributed by atoms with Gasteiger partial charge < -0.3 is 14.3 Å². The third-order valence-corrected chi connectivity index (χ3v) is 6.81. The second-order valence-electron chi connectivity index (χ2n) is 9.97. The molecule has 1 atom stereocenters. The minimum absolute atomic E-state index is 0.0613. The molecule has 0 radical (unpaired) electrons. The van der Waals surface area contributed by atoms with Crippen LogP contribution in [0.4, 0.5) is 0 Å². The molecule has 1 N–H and O–H groups in total. The molecular weight excluding hydrogens is 476 g/mol. The highest BCUT2D eigenvalue weighted by Crippen LogP contribution is 2.29. The zero-order chi connectivity index (χ0) is 27.1. The quantitative estimate of drug-likeness (QED) is 0.297. The highest BCUT2D eigenvalue weighted by Gasteiger charge is 2.18. The van der Waals surface area contributed by atoms with Gasteiger partial charge in [-0.15, -0.1) is 0 Å². The van der Waals surface area contributed by atoms with Crippen LogP contribution in [0, 0.1) is 13.8 Å². The van der Waals surface area contributed by atoms with Crippen LogP contribution in [-0.4, -0.2) is 27.7 Å². The number of carbonyl (C=O) groups is 1. The Labute approximate surface area is 224 Å². The fraction of sp³-hybridized carbons (Fsp3) is 0.344. The van der Waals surface area contributed by atoms with Crippen molar-refractivity contribution < 1.29 is 19.1 Å². The van der Waals surface area contributed by atoms with Crippen LogP contribution in [-0.2, 0) is 9.53 Å². The van der Waals surface area contributed by atoms with Gasteiger partial charge in [0, 0.05) is 36.1 Å². The van der Waals surface area contributed by atoms with E-state index >= 15 is 0 Å². The van der Waals surface area contributed by atoms with Gasteiger partial charge in [-0.3, -0.25) is 9.78 Å². The molecule has 0 saturated carbocycles. The molecule has 1 aromatic carbocycles. The molecule has 2 heterocycles. The van der Waals surface area contributed by atoms with E-state index in [0.29, 0.717) is 18.9 Å². The van der Waals surface area contributed by atoms with Crippen molar-refractivity contribution >= 4 is 5.97 Å². The number of aliphatic carboxylic acids is 1. The van der Waals surface area contributed by atoms with Gasteiger partial charge in [0.2, 0.25) is 5.89 Å². The molecule has 0 bridgehead atoms. The SMILES string of the molecule is CC1=C/CC/C(OCC(C)c2nc(-c3ccc(-c4ccc(C)cn4)cc3)oc2C)=C/C=C\1CCCC(=O)O. The lowest BCUT2D eigenvalue weighted by molar-refractivity contribution is -0.137. The van der Waals surface area contributed by atoms with E-state index < -0.39 is 5.97 Å². The summed E-state index contributed by atoms with van der Waals surface area (Å²) in [5.74, 6) is 1.64. The van der Waals surface area contributed by atoms with Crippen molar-refractivity contribution in [2.75, 3.05) is 6.61 Å². The maximum absolute atomic E-state index is 10.9. The van der Waals surface area contributed by atoms with Crippen LogP contribution in [0.25, 0.3) is 22.7 Å². The Morgan fingerprint density at radius 1 is 1.08 bits per heavy atom. The van der Waals surface area contributed by atoms with Gasteiger partial charge in [0.15, 0.2) is 0 Å². The van der Waals surface area contributed by atoms with Crippen LogP contribution in [0.3, 0.4) is 0 Å². The molecule has 1 aliphatic rings. The first-order chi connectivity index (χ1) is 18.3. The molecule has 1 aliphatic carbocycles. The molecule has 2 aromatic heterocycles. The van der Waals surface area contributed by atoms with Gasteiger partial charge in [-0.1, -0.05) is 42.8 Å². The lowest BCUT2D eigenvalue weighted by Gasteiger charge is -2.16. The van der Waals surface area contributed by atoms with Gasteiger partial charge >= 0.3 is 5.97 Å². The number of rotatable bonds is 10. The number of oxazole rings is 1. The number of allylic oxidation sites excluding steroid dienone is 6. The van der Waals surface area contributed by atoms with Gasteiger partial charge in [0.05, 0.1) is 23.8 Å². The summed E-state index contributed by atoms with van der Waals surface area (Å²) >= 11 is 0. The number of hydrogen-bond acceptors (Lipinski definition) is 5. The van der Waals surface area contributed by atoms with Crippen molar-refractivity contribution in [3.63, 3.8) is 0 Å². The minimum Gasteiger partial charge on any atom is -0.497 e. The third-order valence-electron chi connectivity index (χ3n) is 6.81. The number of nitrogens with zero attached hydrogens (tertiary/aromatic N) is 2. The van der Waals surface area contributed by atoms with Gasteiger partial charge in [0.1, 0.15) is 5.76 Å². The average molecular weight is 513 g/mol. The van der Waals surface area contributed by atoms with Gasteiger partial charge in [-0.05, 0) is 75.4 Å². The van der Waals surface area contributed by atoms with E-state index in [1.54, 1.807) is 0 Å². The maximum atomic E-state index is 10.9. The number of aryl methyl sites for hydroxylation is 2. The van der Waals surface area contributed by atoms with Crippen molar-refractivity contribution in [3.05, 3.63) is 94.7 Å². The molecular formula is C32H36N2O4. The average Bonchev–Trinajstić information content (AvgIpc) is 3.29. The van der Waals surface area contributed by atoms with E-state index in [4.69, 9.17) is 19.2 Å². The van der Waals surface area contributed by atoms with Crippen molar-refractivity contribution in [2.24, 2.45) is 0 Å². The molecule has 0 spiro atoms. The standard InChI is InChI=1S/C32H36N2O4/c1-21-11-18-29(33-19-21)26-12-14-27(15-13-26)32-34-31(24(4)38-32)23(3)20-37-28-9-5-7-22(2)25(16-17-28)8-6-10-30(35)36/h7,11-19,23H,5-6,8-10,20H2,1-4H3,(H,35,36)/b22-7-,25-16-,28-17-. The Morgan fingerprint density at radius 2 is 1.84 bits per heavy atom. The number of ether oxygens (including phenoxy) is 1. The van der Waals surface area contributed by atoms with E-state index in [9.17, 15) is 4.79 Å². The van der Waals surface area contributed by atoms with Crippen LogP contribution < -0.4 is 0 Å². The van der Waals surface area contributed by atoms with Crippen LogP contribution in [0.2, 0.25) is 0 Å². The molecule has 4 rings (SSSR count). The van der Waals surface area contributed by atoms with Crippen molar-refractivity contribution in [2.45, 2.75) is 65.7 Å². The Balaban J connectivity index is 1.40. The first kappa shape index (κ1) is 27.1. The molecule has 38 heavy (non-hydrogen) atoms. The Bertz CT molecular complexity index is 1350. The van der Waals surface area contributed by atoms with Crippen molar-refractivity contribution in [1.29, 1.82) is 0 Å². The summed E-state index contributed by atoms with van der Waals surface area (Å²) < 4.78 is 12.2. The zero-order valence-corrected chi connectivity index (χ0v) is 22.7. The predicted octanol–water partition coefficient (Wildman–Crippen LogP) is 7.95. The van der Waals surface area contributed by atoms with Crippen molar-refractivity contribution in [1.82, 2.24) is 9.97 Å². The summed E-state index contributed by atoms with van der Waals surface area (Å²) in [7, 11) is 0. The van der Waals surface area contributed by atoms with E-state index in [1.165, 1.54) is 11.1 Å². The summed E-state index contributed by atoms with van der Waals surface area (Å²) in [6.07, 6.45) is 11.5. The topological polar surface area (TPSA) is 85.5 Å². The van der Waals surface area contributed by atoms with E-state index in [2.05, 4.69) is 37.0 Å². The predicted molar refractivity (Wildman–Crippen MR) is 150 cm³/mol. The van der Waals surface area contributed by atoms with Crippen LogP contribution >= 0.6 is 0 Å². The van der Waals surface area contributed by atoms with Gasteiger partial charge in [-0.25, -0.2) is 4.98 Å². The van der Waals surface area contributed by atoms with Gasteiger partial charge in [-0.2, -0.15) is 0 Å². The molecule has 6 nitrogen and oxygen atoms in total. The summed E-state index contributed by atoms with van der Waals surface area (Å²) in [4.78, 5) is 20.2. The van der Waals surface area contributed by atoms with E-state index in [0.717, 1.165) is 58.9 Å². The molecule has 0 amide bonds. The Kier molecular flexibility index (Phi) is 8.95. The van der Waals surface area contributed by atoms with E-state index in [-0.39, 0.29) is 12.3 Å². The molecule has 0 fully saturated rings. The molecule has 3 aromatic rings. The minimum atomic E-state index is -0.755. The largest absolute Gasteiger partial charge is 0.497 e. The second kappa shape index (κ2) is 12.5. The van der Waals surface area contributed by atoms with Crippen molar-refractivity contribution in [3.8, 4) is 22.7 Å². The van der Waals surface area contributed by atoms with Crippen LogP contribution in [0.5, 0.6) is 0 Å². The highest BCUT2D eigenvalue weighted by molar-refractivity contribution is 5.66. The summed E-state index contributed by atoms with van der Waals surface area (Å²) in [5.41, 5.74) is 7.34. The molecule has 6 heteroatoms. The molecule has 0 saturated heterocycles. The normalized spacial score (nSPS) is 18.7. The fourth-order valence-electron chi connectivity index (χ4n) is 4.52. The first-order valence-electron chi connectivity index (χ1n) is 13.2. The fourth-order valence-corrected chi connectivity index (χ4v) is 4.52. The Morgan fingerprint density at radius 3 is 2.55 bits per heavy atom. The summed E-state index contributed by atoms with van der Waals surface area (Å²) in [5, 5.41) is 8.93. The zero-order valence-electron chi connectivity index (χ0n) is 22.7. The molecule has 1 unspecified atom stereocenters. The number of carboxylic acids is 1. The van der Waals surface area contributed by atoms with Crippen LogP contribution in [0.15, 0.2) is 82.1 Å².